The molecule has 24 heavy (non-hydrogen) atoms. The third-order valence-corrected chi connectivity index (χ3v) is 4.45. The van der Waals surface area contributed by atoms with Gasteiger partial charge >= 0.3 is 0 Å². The van der Waals surface area contributed by atoms with E-state index in [1.165, 1.54) is 12.1 Å². The van der Waals surface area contributed by atoms with Gasteiger partial charge in [0.15, 0.2) is 0 Å². The molecule has 1 fully saturated rings. The highest BCUT2D eigenvalue weighted by Crippen LogP contribution is 2.18. The minimum absolute atomic E-state index is 0. The van der Waals surface area contributed by atoms with Crippen LogP contribution in [0.2, 0.25) is 5.02 Å². The Morgan fingerprint density at radius 2 is 1.71 bits per heavy atom. The number of carbonyl (C=O) groups is 2. The lowest BCUT2D eigenvalue weighted by atomic mass is 10.0. The molecule has 1 aromatic carbocycles. The molecule has 2 amide bonds. The number of rotatable bonds is 3. The fraction of sp³-hybridized carbons (Fsp3) is 0.500. The second-order valence-electron chi connectivity index (χ2n) is 5.89. The van der Waals surface area contributed by atoms with E-state index in [9.17, 15) is 14.0 Å². The van der Waals surface area contributed by atoms with Crippen LogP contribution in [0, 0.1) is 11.7 Å². The Labute approximate surface area is 152 Å². The van der Waals surface area contributed by atoms with E-state index in [4.69, 9.17) is 17.3 Å². The monoisotopic (exact) mass is 377 g/mol. The SMILES string of the molecule is CC(N)C(C)C(=O)N1CCN(C(=O)c2ccc(Cl)cc2F)CC1.Cl. The number of halogens is 3. The number of piperazine rings is 1. The molecule has 8 heteroatoms. The highest BCUT2D eigenvalue weighted by Gasteiger charge is 2.29. The van der Waals surface area contributed by atoms with Crippen LogP contribution in [0.25, 0.3) is 0 Å². The van der Waals surface area contributed by atoms with Gasteiger partial charge in [0, 0.05) is 37.2 Å². The normalized spacial score (nSPS) is 17.0. The molecule has 2 N–H and O–H groups in total. The van der Waals surface area contributed by atoms with Gasteiger partial charge in [0.25, 0.3) is 5.91 Å². The number of amides is 2. The first-order chi connectivity index (χ1) is 10.8. The molecule has 2 unspecified atom stereocenters. The summed E-state index contributed by atoms with van der Waals surface area (Å²) in [7, 11) is 0. The minimum Gasteiger partial charge on any atom is -0.339 e. The predicted molar refractivity (Wildman–Crippen MR) is 94.0 cm³/mol. The van der Waals surface area contributed by atoms with E-state index in [0.29, 0.717) is 26.2 Å². The molecule has 2 atom stereocenters. The Morgan fingerprint density at radius 3 is 2.21 bits per heavy atom. The Hall–Kier alpha value is -1.37. The summed E-state index contributed by atoms with van der Waals surface area (Å²) in [6.45, 7) is 5.20. The molecule has 1 heterocycles. The summed E-state index contributed by atoms with van der Waals surface area (Å²) < 4.78 is 13.8. The molecular weight excluding hydrogens is 356 g/mol. The number of nitrogens with two attached hydrogens (primary N) is 1. The van der Waals surface area contributed by atoms with Gasteiger partial charge in [-0.05, 0) is 25.1 Å². The molecule has 0 saturated carbocycles. The first kappa shape index (κ1) is 20.7. The first-order valence-electron chi connectivity index (χ1n) is 7.60. The van der Waals surface area contributed by atoms with Crippen molar-refractivity contribution in [2.75, 3.05) is 26.2 Å². The summed E-state index contributed by atoms with van der Waals surface area (Å²) in [5, 5.41) is 0.249. The number of nitrogens with zero attached hydrogens (tertiary/aromatic N) is 2. The topological polar surface area (TPSA) is 66.6 Å². The van der Waals surface area contributed by atoms with E-state index in [0.717, 1.165) is 6.07 Å². The maximum Gasteiger partial charge on any atom is 0.256 e. The average molecular weight is 378 g/mol. The van der Waals surface area contributed by atoms with Crippen LogP contribution in [-0.2, 0) is 4.79 Å². The maximum absolute atomic E-state index is 13.8. The van der Waals surface area contributed by atoms with E-state index in [1.807, 2.05) is 0 Å². The lowest BCUT2D eigenvalue weighted by Crippen LogP contribution is -2.53. The van der Waals surface area contributed by atoms with Gasteiger partial charge in [-0.25, -0.2) is 4.39 Å². The van der Waals surface area contributed by atoms with Crippen LogP contribution in [-0.4, -0.2) is 53.8 Å². The van der Waals surface area contributed by atoms with Crippen LogP contribution in [0.5, 0.6) is 0 Å². The van der Waals surface area contributed by atoms with Crippen LogP contribution in [0.3, 0.4) is 0 Å². The zero-order valence-electron chi connectivity index (χ0n) is 13.7. The molecule has 1 aliphatic rings. The van der Waals surface area contributed by atoms with Gasteiger partial charge < -0.3 is 15.5 Å². The van der Waals surface area contributed by atoms with E-state index in [1.54, 1.807) is 23.6 Å². The maximum atomic E-state index is 13.8. The van der Waals surface area contributed by atoms with Gasteiger partial charge in [0.2, 0.25) is 5.91 Å². The molecule has 1 aliphatic heterocycles. The van der Waals surface area contributed by atoms with Crippen molar-refractivity contribution in [3.8, 4) is 0 Å². The summed E-state index contributed by atoms with van der Waals surface area (Å²) in [4.78, 5) is 27.9. The lowest BCUT2D eigenvalue weighted by molar-refractivity contribution is -0.137. The van der Waals surface area contributed by atoms with Crippen LogP contribution in [0.1, 0.15) is 24.2 Å². The van der Waals surface area contributed by atoms with Gasteiger partial charge in [0.05, 0.1) is 11.5 Å². The largest absolute Gasteiger partial charge is 0.339 e. The van der Waals surface area contributed by atoms with Crippen molar-refractivity contribution < 1.29 is 14.0 Å². The molecular formula is C16H22Cl2FN3O2. The summed E-state index contributed by atoms with van der Waals surface area (Å²) >= 11 is 5.70. The Balaban J connectivity index is 0.00000288. The van der Waals surface area contributed by atoms with E-state index in [-0.39, 0.29) is 46.8 Å². The van der Waals surface area contributed by atoms with Gasteiger partial charge in [-0.1, -0.05) is 18.5 Å². The van der Waals surface area contributed by atoms with E-state index in [2.05, 4.69) is 0 Å². The van der Waals surface area contributed by atoms with Gasteiger partial charge in [-0.15, -0.1) is 12.4 Å². The Bertz CT molecular complexity index is 605. The van der Waals surface area contributed by atoms with Crippen molar-refractivity contribution in [1.29, 1.82) is 0 Å². The molecule has 0 radical (unpaired) electrons. The Morgan fingerprint density at radius 1 is 1.17 bits per heavy atom. The zero-order valence-corrected chi connectivity index (χ0v) is 15.2. The number of carbonyl (C=O) groups excluding carboxylic acids is 2. The fourth-order valence-corrected chi connectivity index (χ4v) is 2.63. The van der Waals surface area contributed by atoms with Crippen LogP contribution >= 0.6 is 24.0 Å². The van der Waals surface area contributed by atoms with Crippen molar-refractivity contribution in [2.45, 2.75) is 19.9 Å². The quantitative estimate of drug-likeness (QED) is 0.877. The van der Waals surface area contributed by atoms with Crippen LogP contribution < -0.4 is 5.73 Å². The number of hydrogen-bond acceptors (Lipinski definition) is 3. The van der Waals surface area contributed by atoms with Crippen molar-refractivity contribution >= 4 is 35.8 Å². The third-order valence-electron chi connectivity index (χ3n) is 4.22. The van der Waals surface area contributed by atoms with E-state index >= 15 is 0 Å². The highest BCUT2D eigenvalue weighted by molar-refractivity contribution is 6.30. The summed E-state index contributed by atoms with van der Waals surface area (Å²) in [6, 6.07) is 3.78. The van der Waals surface area contributed by atoms with Crippen molar-refractivity contribution in [2.24, 2.45) is 11.7 Å². The molecule has 5 nitrogen and oxygen atoms in total. The molecule has 0 spiro atoms. The van der Waals surface area contributed by atoms with Crippen molar-refractivity contribution in [3.05, 3.63) is 34.6 Å². The molecule has 0 aromatic heterocycles. The van der Waals surface area contributed by atoms with Crippen molar-refractivity contribution in [1.82, 2.24) is 9.80 Å². The summed E-state index contributed by atoms with van der Waals surface area (Å²) in [5.74, 6) is -1.28. The van der Waals surface area contributed by atoms with Gasteiger partial charge in [0.1, 0.15) is 5.82 Å². The van der Waals surface area contributed by atoms with Gasteiger partial charge in [-0.2, -0.15) is 0 Å². The predicted octanol–water partition coefficient (Wildman–Crippen LogP) is 2.17. The standard InChI is InChI=1S/C16H21ClFN3O2.ClH/c1-10(11(2)19)15(22)20-5-7-21(8-6-20)16(23)13-4-3-12(17)9-14(13)18;/h3-4,9-11H,5-8,19H2,1-2H3;1H. The smallest absolute Gasteiger partial charge is 0.256 e. The van der Waals surface area contributed by atoms with Crippen LogP contribution in [0.4, 0.5) is 4.39 Å². The number of benzene rings is 1. The lowest BCUT2D eigenvalue weighted by Gasteiger charge is -2.36. The molecule has 0 aliphatic carbocycles. The second kappa shape index (κ2) is 8.65. The molecule has 1 saturated heterocycles. The number of hydrogen-bond donors (Lipinski definition) is 1. The second-order valence-corrected chi connectivity index (χ2v) is 6.33. The zero-order chi connectivity index (χ0) is 17.1. The highest BCUT2D eigenvalue weighted by atomic mass is 35.5. The molecule has 134 valence electrons. The fourth-order valence-electron chi connectivity index (χ4n) is 2.48. The molecule has 0 bridgehead atoms. The van der Waals surface area contributed by atoms with Crippen molar-refractivity contribution in [3.63, 3.8) is 0 Å². The minimum atomic E-state index is -0.633. The summed E-state index contributed by atoms with van der Waals surface area (Å²) in [5.41, 5.74) is 5.76. The third kappa shape index (κ3) is 4.59. The van der Waals surface area contributed by atoms with Crippen LogP contribution in [0.15, 0.2) is 18.2 Å². The van der Waals surface area contributed by atoms with E-state index < -0.39 is 5.82 Å². The summed E-state index contributed by atoms with van der Waals surface area (Å²) in [6.07, 6.45) is 0. The first-order valence-corrected chi connectivity index (χ1v) is 7.97. The average Bonchev–Trinajstić information content (AvgIpc) is 2.53. The Kier molecular flexibility index (Phi) is 7.45. The molecule has 1 aromatic rings. The molecule has 2 rings (SSSR count). The van der Waals surface area contributed by atoms with Gasteiger partial charge in [-0.3, -0.25) is 9.59 Å².